The average molecular weight is 206 g/mol. The van der Waals surface area contributed by atoms with Crippen LogP contribution in [0.2, 0.25) is 0 Å². The number of hydrogen-bond donors (Lipinski definition) is 0. The molecule has 0 aromatic heterocycles. The van der Waals surface area contributed by atoms with Crippen molar-refractivity contribution < 1.29 is 14.3 Å². The maximum absolute atomic E-state index is 11.2. The van der Waals surface area contributed by atoms with Crippen molar-refractivity contribution in [2.75, 3.05) is 13.7 Å². The maximum Gasteiger partial charge on any atom is 0.337 e. The first-order chi connectivity index (χ1) is 7.27. The summed E-state index contributed by atoms with van der Waals surface area (Å²) in [5.74, 6) is 0.308. The summed E-state index contributed by atoms with van der Waals surface area (Å²) in [7, 11) is 1.36. The van der Waals surface area contributed by atoms with Crippen LogP contribution in [0.4, 0.5) is 0 Å². The summed E-state index contributed by atoms with van der Waals surface area (Å²) in [5.41, 5.74) is 0.496. The summed E-state index contributed by atoms with van der Waals surface area (Å²) < 4.78 is 10.00. The minimum atomic E-state index is -0.355. The fourth-order valence-corrected chi connectivity index (χ4v) is 1.07. The quantitative estimate of drug-likeness (QED) is 0.560. The van der Waals surface area contributed by atoms with Crippen LogP contribution in [-0.2, 0) is 4.74 Å². The molecule has 0 aliphatic rings. The van der Waals surface area contributed by atoms with E-state index in [4.69, 9.17) is 4.74 Å². The van der Waals surface area contributed by atoms with E-state index in [2.05, 4.69) is 4.74 Å². The number of benzene rings is 1. The van der Waals surface area contributed by atoms with Crippen molar-refractivity contribution >= 4 is 5.97 Å². The Hall–Kier alpha value is -1.77. The normalized spacial score (nSPS) is 10.3. The molecule has 0 N–H and O–H groups in total. The molecule has 0 fully saturated rings. The van der Waals surface area contributed by atoms with Gasteiger partial charge >= 0.3 is 5.97 Å². The molecule has 0 aliphatic heterocycles. The highest BCUT2D eigenvalue weighted by Crippen LogP contribution is 2.13. The Balaban J connectivity index is 2.69. The van der Waals surface area contributed by atoms with Crippen LogP contribution in [-0.4, -0.2) is 19.7 Å². The van der Waals surface area contributed by atoms with Crippen LogP contribution in [0.15, 0.2) is 36.4 Å². The molecule has 0 unspecified atom stereocenters. The number of carbonyl (C=O) groups is 1. The number of ether oxygens (including phenoxy) is 2. The first-order valence-electron chi connectivity index (χ1n) is 4.70. The molecule has 0 aliphatic carbocycles. The Morgan fingerprint density at radius 2 is 2.27 bits per heavy atom. The van der Waals surface area contributed by atoms with Gasteiger partial charge in [0.25, 0.3) is 0 Å². The first kappa shape index (κ1) is 11.3. The monoisotopic (exact) mass is 206 g/mol. The highest BCUT2D eigenvalue weighted by molar-refractivity contribution is 5.89. The predicted octanol–water partition coefficient (Wildman–Crippen LogP) is 2.43. The standard InChI is InChI=1S/C12H14O3/c1-3-4-8-15-11-7-5-6-10(9-11)12(13)14-2/h3-7,9H,8H2,1-2H3. The van der Waals surface area contributed by atoms with E-state index in [1.54, 1.807) is 24.3 Å². The van der Waals surface area contributed by atoms with Gasteiger partial charge in [0.1, 0.15) is 12.4 Å². The van der Waals surface area contributed by atoms with Gasteiger partial charge in [0.05, 0.1) is 12.7 Å². The van der Waals surface area contributed by atoms with Crippen molar-refractivity contribution in [1.29, 1.82) is 0 Å². The zero-order valence-electron chi connectivity index (χ0n) is 8.90. The van der Waals surface area contributed by atoms with Gasteiger partial charge in [0.2, 0.25) is 0 Å². The van der Waals surface area contributed by atoms with Crippen LogP contribution in [0.1, 0.15) is 17.3 Å². The largest absolute Gasteiger partial charge is 0.490 e. The second-order valence-electron chi connectivity index (χ2n) is 2.90. The first-order valence-corrected chi connectivity index (χ1v) is 4.70. The molecular weight excluding hydrogens is 192 g/mol. The van der Waals surface area contributed by atoms with E-state index in [0.717, 1.165) is 0 Å². The highest BCUT2D eigenvalue weighted by atomic mass is 16.5. The van der Waals surface area contributed by atoms with E-state index in [1.165, 1.54) is 7.11 Å². The fraction of sp³-hybridized carbons (Fsp3) is 0.250. The van der Waals surface area contributed by atoms with E-state index in [9.17, 15) is 4.79 Å². The van der Waals surface area contributed by atoms with Crippen molar-refractivity contribution in [3.63, 3.8) is 0 Å². The van der Waals surface area contributed by atoms with Gasteiger partial charge in [-0.3, -0.25) is 0 Å². The third kappa shape index (κ3) is 3.46. The van der Waals surface area contributed by atoms with Crippen LogP contribution in [0.25, 0.3) is 0 Å². The second-order valence-corrected chi connectivity index (χ2v) is 2.90. The molecule has 0 saturated carbocycles. The molecule has 0 saturated heterocycles. The number of methoxy groups -OCH3 is 1. The van der Waals surface area contributed by atoms with Gasteiger partial charge in [-0.15, -0.1) is 0 Å². The topological polar surface area (TPSA) is 35.5 Å². The Labute approximate surface area is 89.3 Å². The lowest BCUT2D eigenvalue weighted by Crippen LogP contribution is -2.01. The SMILES string of the molecule is CC=CCOc1cccc(C(=O)OC)c1. The van der Waals surface area contributed by atoms with Crippen LogP contribution < -0.4 is 4.74 Å². The third-order valence-corrected chi connectivity index (χ3v) is 1.84. The van der Waals surface area contributed by atoms with E-state index < -0.39 is 0 Å². The zero-order chi connectivity index (χ0) is 11.1. The van der Waals surface area contributed by atoms with E-state index >= 15 is 0 Å². The molecule has 0 atom stereocenters. The van der Waals surface area contributed by atoms with Crippen LogP contribution in [0.5, 0.6) is 5.75 Å². The lowest BCUT2D eigenvalue weighted by molar-refractivity contribution is 0.0600. The Morgan fingerprint density at radius 3 is 2.93 bits per heavy atom. The Morgan fingerprint density at radius 1 is 1.47 bits per heavy atom. The molecule has 1 aromatic rings. The number of rotatable bonds is 4. The second kappa shape index (κ2) is 5.86. The minimum Gasteiger partial charge on any atom is -0.490 e. The molecule has 0 amide bonds. The number of carbonyl (C=O) groups excluding carboxylic acids is 1. The molecule has 80 valence electrons. The van der Waals surface area contributed by atoms with Crippen LogP contribution in [0, 0.1) is 0 Å². The summed E-state index contributed by atoms with van der Waals surface area (Å²) in [6, 6.07) is 6.91. The predicted molar refractivity (Wildman–Crippen MR) is 58.1 cm³/mol. The molecular formula is C12H14O3. The number of hydrogen-bond acceptors (Lipinski definition) is 3. The molecule has 3 heteroatoms. The van der Waals surface area contributed by atoms with Gasteiger partial charge in [-0.1, -0.05) is 18.2 Å². The minimum absolute atomic E-state index is 0.355. The van der Waals surface area contributed by atoms with Crippen molar-refractivity contribution in [2.24, 2.45) is 0 Å². The average Bonchev–Trinajstić information content (AvgIpc) is 2.29. The van der Waals surface area contributed by atoms with Crippen molar-refractivity contribution in [1.82, 2.24) is 0 Å². The molecule has 0 radical (unpaired) electrons. The Bertz CT molecular complexity index is 356. The van der Waals surface area contributed by atoms with Crippen molar-refractivity contribution in [3.8, 4) is 5.75 Å². The molecule has 15 heavy (non-hydrogen) atoms. The summed E-state index contributed by atoms with van der Waals surface area (Å²) in [6.45, 7) is 2.43. The van der Waals surface area contributed by atoms with Gasteiger partial charge in [-0.05, 0) is 25.1 Å². The van der Waals surface area contributed by atoms with E-state index in [0.29, 0.717) is 17.9 Å². The third-order valence-electron chi connectivity index (χ3n) is 1.84. The summed E-state index contributed by atoms with van der Waals surface area (Å²) in [6.07, 6.45) is 3.80. The van der Waals surface area contributed by atoms with Gasteiger partial charge in [-0.25, -0.2) is 4.79 Å². The van der Waals surface area contributed by atoms with Crippen molar-refractivity contribution in [3.05, 3.63) is 42.0 Å². The lowest BCUT2D eigenvalue weighted by atomic mass is 10.2. The molecule has 0 spiro atoms. The number of allylic oxidation sites excluding steroid dienone is 1. The van der Waals surface area contributed by atoms with Crippen LogP contribution in [0.3, 0.4) is 0 Å². The molecule has 1 rings (SSSR count). The molecule has 0 bridgehead atoms. The van der Waals surface area contributed by atoms with E-state index in [-0.39, 0.29) is 5.97 Å². The smallest absolute Gasteiger partial charge is 0.337 e. The van der Waals surface area contributed by atoms with Crippen LogP contribution >= 0.6 is 0 Å². The van der Waals surface area contributed by atoms with Crippen molar-refractivity contribution in [2.45, 2.75) is 6.92 Å². The fourth-order valence-electron chi connectivity index (χ4n) is 1.07. The Kier molecular flexibility index (Phi) is 4.41. The highest BCUT2D eigenvalue weighted by Gasteiger charge is 2.05. The van der Waals surface area contributed by atoms with Gasteiger partial charge in [-0.2, -0.15) is 0 Å². The number of esters is 1. The summed E-state index contributed by atoms with van der Waals surface area (Å²) in [4.78, 5) is 11.2. The molecule has 0 heterocycles. The summed E-state index contributed by atoms with van der Waals surface area (Å²) in [5, 5.41) is 0. The maximum atomic E-state index is 11.2. The summed E-state index contributed by atoms with van der Waals surface area (Å²) >= 11 is 0. The lowest BCUT2D eigenvalue weighted by Gasteiger charge is -2.04. The molecule has 3 nitrogen and oxygen atoms in total. The van der Waals surface area contributed by atoms with E-state index in [1.807, 2.05) is 19.1 Å². The van der Waals surface area contributed by atoms with Gasteiger partial charge in [0, 0.05) is 0 Å². The zero-order valence-corrected chi connectivity index (χ0v) is 8.90. The van der Waals surface area contributed by atoms with Gasteiger partial charge < -0.3 is 9.47 Å². The van der Waals surface area contributed by atoms with Gasteiger partial charge in [0.15, 0.2) is 0 Å². The molecule has 1 aromatic carbocycles.